The Kier molecular flexibility index (Phi) is 13.0. The predicted molar refractivity (Wildman–Crippen MR) is 174 cm³/mol. The average Bonchev–Trinajstić information content (AvgIpc) is 3.45. The van der Waals surface area contributed by atoms with Gasteiger partial charge in [0.1, 0.15) is 23.7 Å². The monoisotopic (exact) mass is 655 g/mol. The van der Waals surface area contributed by atoms with Crippen LogP contribution in [0.4, 0.5) is 14.9 Å². The lowest BCUT2D eigenvalue weighted by atomic mass is 9.90. The van der Waals surface area contributed by atoms with Crippen molar-refractivity contribution in [3.05, 3.63) is 65.0 Å². The molecule has 1 saturated heterocycles. The number of anilines is 1. The second-order valence-electron chi connectivity index (χ2n) is 12.5. The van der Waals surface area contributed by atoms with Crippen molar-refractivity contribution >= 4 is 35.8 Å². The first-order chi connectivity index (χ1) is 22.2. The van der Waals surface area contributed by atoms with Crippen molar-refractivity contribution in [1.82, 2.24) is 20.4 Å². The Hall–Kier alpha value is -4.36. The standard InChI is InChI=1S/C25H29FN4O4.C9H17NO3/c1-27-21(15-9-11-34-12-10-15)25(33)30-14-17-5-3-4-6-18(17)22(30)24(32)29-20-13-16(23(31)28-2)7-8-19(20)26;1-7(6-11)10(5)8(12)13-9(2,3)4/h3-8,13,15,21-22,27H,9-12,14H2,1-2H3,(H,28,31)(H,29,32);6-7H,1-5H3/t;7-/m.0/s1. The van der Waals surface area contributed by atoms with E-state index in [1.165, 1.54) is 31.1 Å². The highest BCUT2D eigenvalue weighted by Gasteiger charge is 2.42. The minimum Gasteiger partial charge on any atom is -0.444 e. The normalized spacial score (nSPS) is 17.3. The highest BCUT2D eigenvalue weighted by atomic mass is 19.1. The molecule has 0 aromatic heterocycles. The summed E-state index contributed by atoms with van der Waals surface area (Å²) in [5.41, 5.74) is 1.16. The molecular weight excluding hydrogens is 609 g/mol. The molecule has 4 rings (SSSR count). The largest absolute Gasteiger partial charge is 0.444 e. The van der Waals surface area contributed by atoms with E-state index in [9.17, 15) is 28.4 Å². The zero-order valence-electron chi connectivity index (χ0n) is 28.1. The summed E-state index contributed by atoms with van der Waals surface area (Å²) in [5, 5.41) is 8.22. The van der Waals surface area contributed by atoms with Crippen molar-refractivity contribution in [2.45, 2.75) is 70.8 Å². The third-order valence-electron chi connectivity index (χ3n) is 8.05. The Balaban J connectivity index is 0.000000392. The zero-order valence-corrected chi connectivity index (χ0v) is 28.1. The van der Waals surface area contributed by atoms with Crippen LogP contribution in [0.15, 0.2) is 42.5 Å². The van der Waals surface area contributed by atoms with E-state index in [-0.39, 0.29) is 29.6 Å². The van der Waals surface area contributed by atoms with Crippen LogP contribution in [0.5, 0.6) is 0 Å². The molecule has 3 N–H and O–H groups in total. The van der Waals surface area contributed by atoms with Gasteiger partial charge in [-0.25, -0.2) is 9.18 Å². The minimum atomic E-state index is -0.914. The van der Waals surface area contributed by atoms with E-state index < -0.39 is 47.5 Å². The molecule has 13 heteroatoms. The number of amides is 4. The molecule has 0 radical (unpaired) electrons. The Morgan fingerprint density at radius 1 is 1.09 bits per heavy atom. The summed E-state index contributed by atoms with van der Waals surface area (Å²) >= 11 is 0. The highest BCUT2D eigenvalue weighted by Crippen LogP contribution is 2.36. The first-order valence-corrected chi connectivity index (χ1v) is 15.6. The van der Waals surface area contributed by atoms with Crippen LogP contribution in [0, 0.1) is 11.7 Å². The third kappa shape index (κ3) is 9.58. The SMILES string of the molecule is CNC(=O)c1ccc(F)c(NC(=O)C2c3ccccc3CN2C(=O)C(NC)C2CCOCC2)c1.C[C@@H](C=O)N(C)C(=O)OC(C)(C)C. The van der Waals surface area contributed by atoms with E-state index in [1.54, 1.807) is 39.6 Å². The van der Waals surface area contributed by atoms with Crippen LogP contribution < -0.4 is 16.0 Å². The zero-order chi connectivity index (χ0) is 34.9. The first kappa shape index (κ1) is 37.1. The van der Waals surface area contributed by atoms with Crippen LogP contribution in [0.25, 0.3) is 0 Å². The molecule has 2 aromatic carbocycles. The number of carbonyl (C=O) groups excluding carboxylic acids is 5. The molecule has 2 aromatic rings. The molecule has 4 amide bonds. The van der Waals surface area contributed by atoms with Crippen LogP contribution in [0.3, 0.4) is 0 Å². The molecular formula is C34H46FN5O7. The van der Waals surface area contributed by atoms with E-state index in [0.29, 0.717) is 25.1 Å². The summed E-state index contributed by atoms with van der Waals surface area (Å²) in [4.78, 5) is 63.6. The van der Waals surface area contributed by atoms with E-state index in [2.05, 4.69) is 16.0 Å². The van der Waals surface area contributed by atoms with Gasteiger partial charge in [0.05, 0.1) is 17.8 Å². The molecule has 2 aliphatic rings. The van der Waals surface area contributed by atoms with E-state index >= 15 is 0 Å². The third-order valence-corrected chi connectivity index (χ3v) is 8.05. The smallest absolute Gasteiger partial charge is 0.410 e. The van der Waals surface area contributed by atoms with Crippen molar-refractivity contribution in [3.63, 3.8) is 0 Å². The van der Waals surface area contributed by atoms with Crippen molar-refractivity contribution < 1.29 is 37.8 Å². The summed E-state index contributed by atoms with van der Waals surface area (Å²) in [6.07, 6.45) is 1.73. The van der Waals surface area contributed by atoms with Gasteiger partial charge in [0.25, 0.3) is 11.8 Å². The summed E-state index contributed by atoms with van der Waals surface area (Å²) in [5.74, 6) is -1.67. The average molecular weight is 656 g/mol. The molecule has 0 saturated carbocycles. The molecule has 0 spiro atoms. The molecule has 1 fully saturated rings. The Morgan fingerprint density at radius 2 is 1.74 bits per heavy atom. The fourth-order valence-corrected chi connectivity index (χ4v) is 5.36. The van der Waals surface area contributed by atoms with E-state index in [0.717, 1.165) is 24.5 Å². The number of nitrogens with zero attached hydrogens (tertiary/aromatic N) is 2. The number of benzene rings is 2. The number of halogens is 1. The minimum absolute atomic E-state index is 0.0976. The quantitative estimate of drug-likeness (QED) is 0.366. The molecule has 3 atom stereocenters. The molecule has 2 aliphatic heterocycles. The first-order valence-electron chi connectivity index (χ1n) is 15.6. The van der Waals surface area contributed by atoms with Gasteiger partial charge in [-0.3, -0.25) is 14.4 Å². The number of hydrogen-bond acceptors (Lipinski definition) is 8. The number of hydrogen-bond donors (Lipinski definition) is 3. The van der Waals surface area contributed by atoms with Crippen LogP contribution in [0.1, 0.15) is 68.1 Å². The van der Waals surface area contributed by atoms with Gasteiger partial charge in [0, 0.05) is 39.4 Å². The maximum Gasteiger partial charge on any atom is 0.410 e. The summed E-state index contributed by atoms with van der Waals surface area (Å²) < 4.78 is 25.0. The topological polar surface area (TPSA) is 146 Å². The van der Waals surface area contributed by atoms with E-state index in [4.69, 9.17) is 9.47 Å². The van der Waals surface area contributed by atoms with Crippen LogP contribution in [0.2, 0.25) is 0 Å². The van der Waals surface area contributed by atoms with Gasteiger partial charge < -0.3 is 40.0 Å². The van der Waals surface area contributed by atoms with Gasteiger partial charge in [-0.15, -0.1) is 0 Å². The lowest BCUT2D eigenvalue weighted by molar-refractivity contribution is -0.142. The maximum absolute atomic E-state index is 14.5. The van der Waals surface area contributed by atoms with Crippen molar-refractivity contribution in [1.29, 1.82) is 0 Å². The van der Waals surface area contributed by atoms with Crippen molar-refractivity contribution in [2.75, 3.05) is 39.7 Å². The number of ether oxygens (including phenoxy) is 2. The van der Waals surface area contributed by atoms with Gasteiger partial charge in [-0.05, 0) is 82.8 Å². The number of likely N-dealkylation sites (N-methyl/N-ethyl adjacent to an activating group) is 2. The Morgan fingerprint density at radius 3 is 2.34 bits per heavy atom. The maximum atomic E-state index is 14.5. The number of aldehydes is 1. The molecule has 0 aliphatic carbocycles. The molecule has 0 bridgehead atoms. The number of fused-ring (bicyclic) bond motifs is 1. The van der Waals surface area contributed by atoms with Gasteiger partial charge in [0.2, 0.25) is 5.91 Å². The Labute approximate surface area is 275 Å². The fraction of sp³-hybridized carbons (Fsp3) is 0.500. The lowest BCUT2D eigenvalue weighted by Gasteiger charge is -2.34. The van der Waals surface area contributed by atoms with Gasteiger partial charge in [-0.2, -0.15) is 0 Å². The van der Waals surface area contributed by atoms with Crippen LogP contribution >= 0.6 is 0 Å². The second kappa shape index (κ2) is 16.5. The summed E-state index contributed by atoms with van der Waals surface area (Å²) in [7, 11) is 4.75. The number of rotatable bonds is 8. The second-order valence-corrected chi connectivity index (χ2v) is 12.5. The Bertz CT molecular complexity index is 1440. The molecule has 12 nitrogen and oxygen atoms in total. The van der Waals surface area contributed by atoms with Crippen LogP contribution in [-0.2, 0) is 30.4 Å². The van der Waals surface area contributed by atoms with Gasteiger partial charge in [-0.1, -0.05) is 24.3 Å². The van der Waals surface area contributed by atoms with Crippen molar-refractivity contribution in [2.24, 2.45) is 5.92 Å². The molecule has 256 valence electrons. The number of nitrogens with one attached hydrogen (secondary N) is 3. The lowest BCUT2D eigenvalue weighted by Crippen LogP contribution is -2.51. The molecule has 47 heavy (non-hydrogen) atoms. The van der Waals surface area contributed by atoms with Gasteiger partial charge in [0.15, 0.2) is 0 Å². The molecule has 2 heterocycles. The van der Waals surface area contributed by atoms with Crippen molar-refractivity contribution in [3.8, 4) is 0 Å². The van der Waals surface area contributed by atoms with Gasteiger partial charge >= 0.3 is 6.09 Å². The summed E-state index contributed by atoms with van der Waals surface area (Å²) in [6, 6.07) is 9.32. The van der Waals surface area contributed by atoms with Crippen LogP contribution in [-0.4, -0.2) is 91.9 Å². The van der Waals surface area contributed by atoms with E-state index in [1.807, 2.05) is 24.3 Å². The number of carbonyl (C=O) groups is 5. The predicted octanol–water partition coefficient (Wildman–Crippen LogP) is 3.66. The molecule has 2 unspecified atom stereocenters. The summed E-state index contributed by atoms with van der Waals surface area (Å²) in [6.45, 7) is 8.47. The highest BCUT2D eigenvalue weighted by molar-refractivity contribution is 6.01. The fourth-order valence-electron chi connectivity index (χ4n) is 5.36.